The van der Waals surface area contributed by atoms with Crippen LogP contribution in [0.5, 0.6) is 0 Å². The first-order chi connectivity index (χ1) is 18.7. The van der Waals surface area contributed by atoms with Gasteiger partial charge in [0.1, 0.15) is 11.2 Å². The molecule has 40 heavy (non-hydrogen) atoms. The molecule has 0 N–H and O–H groups in total. The van der Waals surface area contributed by atoms with Crippen LogP contribution in [0.25, 0.3) is 10.2 Å². The Morgan fingerprint density at radius 1 is 1.12 bits per heavy atom. The topological polar surface area (TPSA) is 126 Å². The van der Waals surface area contributed by atoms with Gasteiger partial charge in [0.2, 0.25) is 0 Å². The van der Waals surface area contributed by atoms with Gasteiger partial charge in [-0.15, -0.1) is 12.4 Å². The summed E-state index contributed by atoms with van der Waals surface area (Å²) in [5, 5.41) is 12.4. The van der Waals surface area contributed by atoms with Crippen molar-refractivity contribution in [3.63, 3.8) is 0 Å². The zero-order valence-electron chi connectivity index (χ0n) is 22.2. The Hall–Kier alpha value is -2.84. The average Bonchev–Trinajstić information content (AvgIpc) is 3.37. The second kappa shape index (κ2) is 12.8. The molecule has 1 aromatic heterocycles. The minimum absolute atomic E-state index is 0. The fourth-order valence-electron chi connectivity index (χ4n) is 5.04. The number of carbonyl (C=O) groups is 1. The number of morpholine rings is 1. The quantitative estimate of drug-likeness (QED) is 0.275. The van der Waals surface area contributed by atoms with E-state index in [9.17, 15) is 23.3 Å². The van der Waals surface area contributed by atoms with Gasteiger partial charge in [0.25, 0.3) is 11.6 Å². The fourth-order valence-corrected chi connectivity index (χ4v) is 6.95. The van der Waals surface area contributed by atoms with E-state index in [0.29, 0.717) is 40.8 Å². The highest BCUT2D eigenvalue weighted by Crippen LogP contribution is 2.35. The minimum atomic E-state index is -3.54. The summed E-state index contributed by atoms with van der Waals surface area (Å²) in [6.45, 7) is 5.01. The molecule has 14 heteroatoms. The number of fused-ring (bicyclic) bond motifs is 1. The Morgan fingerprint density at radius 2 is 1.85 bits per heavy atom. The van der Waals surface area contributed by atoms with Gasteiger partial charge in [0, 0.05) is 57.2 Å². The third-order valence-corrected chi connectivity index (χ3v) is 9.28. The number of piperidine rings is 1. The largest absolute Gasteiger partial charge is 0.379 e. The van der Waals surface area contributed by atoms with Crippen LogP contribution < -0.4 is 9.80 Å². The van der Waals surface area contributed by atoms with E-state index < -0.39 is 20.7 Å². The number of carbonyl (C=O) groups excluding carboxylic acids is 1. The van der Waals surface area contributed by atoms with Crippen LogP contribution in [-0.2, 0) is 14.6 Å². The number of nitrogens with zero attached hydrogens (tertiary/aromatic N) is 5. The number of benzene rings is 2. The number of hydrogen-bond acceptors (Lipinski definition) is 10. The van der Waals surface area contributed by atoms with Gasteiger partial charge in [-0.25, -0.2) is 13.4 Å². The van der Waals surface area contributed by atoms with Crippen molar-refractivity contribution in [3.8, 4) is 0 Å². The molecular weight excluding hydrogens is 578 g/mol. The van der Waals surface area contributed by atoms with Crippen molar-refractivity contribution in [1.82, 2.24) is 9.88 Å². The smallest absolute Gasteiger partial charge is 0.293 e. The number of nitro benzene ring substituents is 1. The van der Waals surface area contributed by atoms with Crippen molar-refractivity contribution in [2.75, 3.05) is 68.5 Å². The molecule has 11 nitrogen and oxygen atoms in total. The lowest BCUT2D eigenvalue weighted by atomic mass is 10.1. The van der Waals surface area contributed by atoms with Crippen LogP contribution in [-0.4, -0.2) is 87.9 Å². The van der Waals surface area contributed by atoms with Gasteiger partial charge >= 0.3 is 0 Å². The maximum atomic E-state index is 13.9. The third kappa shape index (κ3) is 6.55. The zero-order chi connectivity index (χ0) is 27.6. The van der Waals surface area contributed by atoms with E-state index >= 15 is 0 Å². The molecule has 0 atom stereocenters. The SMILES string of the molecule is CS(=O)(=O)c1cccc2sc(N(CCN3CCOCC3)C(=O)c3ccc(N4CCCCC4)c([N+](=O)[O-])c3)nc12.Cl. The average molecular weight is 610 g/mol. The minimum Gasteiger partial charge on any atom is -0.379 e. The highest BCUT2D eigenvalue weighted by Gasteiger charge is 2.28. The first kappa shape index (κ1) is 30.1. The zero-order valence-corrected chi connectivity index (χ0v) is 24.6. The number of rotatable bonds is 8. The monoisotopic (exact) mass is 609 g/mol. The van der Waals surface area contributed by atoms with Crippen LogP contribution in [0, 0.1) is 10.1 Å². The molecule has 0 unspecified atom stereocenters. The van der Waals surface area contributed by atoms with Gasteiger partial charge in [-0.05, 0) is 43.5 Å². The molecule has 216 valence electrons. The van der Waals surface area contributed by atoms with Crippen molar-refractivity contribution in [2.24, 2.45) is 0 Å². The number of anilines is 2. The lowest BCUT2D eigenvalue weighted by Crippen LogP contribution is -2.43. The van der Waals surface area contributed by atoms with E-state index in [1.165, 1.54) is 28.4 Å². The molecule has 2 aliphatic rings. The van der Waals surface area contributed by atoms with Gasteiger partial charge in [-0.1, -0.05) is 17.4 Å². The Kier molecular flexibility index (Phi) is 9.62. The maximum Gasteiger partial charge on any atom is 0.293 e. The van der Waals surface area contributed by atoms with Gasteiger partial charge < -0.3 is 9.64 Å². The summed E-state index contributed by atoms with van der Waals surface area (Å²) in [5.74, 6) is -0.420. The molecular formula is C26H32ClN5O6S2. The Bertz CT molecular complexity index is 1490. The van der Waals surface area contributed by atoms with Gasteiger partial charge in [0.05, 0.1) is 27.7 Å². The number of ether oxygens (including phenoxy) is 1. The first-order valence-corrected chi connectivity index (χ1v) is 15.7. The van der Waals surface area contributed by atoms with Gasteiger partial charge in [-0.3, -0.25) is 24.7 Å². The highest BCUT2D eigenvalue weighted by atomic mass is 35.5. The fraction of sp³-hybridized carbons (Fsp3) is 0.462. The van der Waals surface area contributed by atoms with E-state index in [1.54, 1.807) is 24.3 Å². The Labute approximate surface area is 243 Å². The number of sulfone groups is 1. The van der Waals surface area contributed by atoms with Crippen LogP contribution >= 0.6 is 23.7 Å². The Balaban J connectivity index is 0.00000370. The number of amides is 1. The summed E-state index contributed by atoms with van der Waals surface area (Å²) in [6, 6.07) is 9.58. The van der Waals surface area contributed by atoms with Gasteiger partial charge in [-0.2, -0.15) is 0 Å². The normalized spacial score (nSPS) is 16.5. The number of nitro groups is 1. The highest BCUT2D eigenvalue weighted by molar-refractivity contribution is 7.91. The maximum absolute atomic E-state index is 13.9. The van der Waals surface area contributed by atoms with E-state index in [0.717, 1.165) is 51.7 Å². The summed E-state index contributed by atoms with van der Waals surface area (Å²) >= 11 is 1.23. The van der Waals surface area contributed by atoms with Crippen LogP contribution in [0.15, 0.2) is 41.3 Å². The van der Waals surface area contributed by atoms with Crippen LogP contribution in [0.4, 0.5) is 16.5 Å². The number of aromatic nitrogens is 1. The molecule has 0 aliphatic carbocycles. The summed E-state index contributed by atoms with van der Waals surface area (Å²) < 4.78 is 30.8. The molecule has 0 spiro atoms. The predicted octanol–water partition coefficient (Wildman–Crippen LogP) is 4.00. The van der Waals surface area contributed by atoms with Crippen molar-refractivity contribution < 1.29 is 22.9 Å². The van der Waals surface area contributed by atoms with E-state index in [2.05, 4.69) is 9.88 Å². The molecule has 0 saturated carbocycles. The van der Waals surface area contributed by atoms with Crippen LogP contribution in [0.1, 0.15) is 29.6 Å². The number of thiazole rings is 1. The second-order valence-corrected chi connectivity index (χ2v) is 12.8. The number of halogens is 1. The molecule has 2 aliphatic heterocycles. The van der Waals surface area contributed by atoms with E-state index in [4.69, 9.17) is 4.74 Å². The summed E-state index contributed by atoms with van der Waals surface area (Å²) in [6.07, 6.45) is 4.17. The lowest BCUT2D eigenvalue weighted by Gasteiger charge is -2.30. The molecule has 2 fully saturated rings. The lowest BCUT2D eigenvalue weighted by molar-refractivity contribution is -0.384. The molecule has 3 heterocycles. The molecule has 5 rings (SSSR count). The molecule has 3 aromatic rings. The number of para-hydroxylation sites is 1. The molecule has 1 amide bonds. The van der Waals surface area contributed by atoms with E-state index in [-0.39, 0.29) is 35.1 Å². The summed E-state index contributed by atoms with van der Waals surface area (Å²) in [5.41, 5.74) is 0.927. The number of hydrogen-bond donors (Lipinski definition) is 0. The molecule has 0 radical (unpaired) electrons. The standard InChI is InChI=1S/C26H31N5O6S2.ClH/c1-39(35,36)23-7-5-6-22-24(23)27-26(38-22)30(13-12-28-14-16-37-17-15-28)25(32)19-8-9-20(21(18-19)31(33)34)29-10-3-2-4-11-29;/h5-9,18H,2-4,10-17H2,1H3;1H. The second-order valence-electron chi connectivity index (χ2n) is 9.79. The van der Waals surface area contributed by atoms with Crippen molar-refractivity contribution >= 4 is 66.2 Å². The third-order valence-electron chi connectivity index (χ3n) is 7.11. The van der Waals surface area contributed by atoms with Crippen LogP contribution in [0.2, 0.25) is 0 Å². The van der Waals surface area contributed by atoms with E-state index in [1.807, 2.05) is 4.90 Å². The first-order valence-electron chi connectivity index (χ1n) is 13.0. The summed E-state index contributed by atoms with van der Waals surface area (Å²) in [4.78, 5) is 35.9. The van der Waals surface area contributed by atoms with Crippen molar-refractivity contribution in [1.29, 1.82) is 0 Å². The molecule has 2 aromatic carbocycles. The Morgan fingerprint density at radius 3 is 2.52 bits per heavy atom. The van der Waals surface area contributed by atoms with Gasteiger partial charge in [0.15, 0.2) is 15.0 Å². The molecule has 0 bridgehead atoms. The summed E-state index contributed by atoms with van der Waals surface area (Å²) in [7, 11) is -3.54. The van der Waals surface area contributed by atoms with Crippen molar-refractivity contribution in [2.45, 2.75) is 24.2 Å². The van der Waals surface area contributed by atoms with Crippen molar-refractivity contribution in [3.05, 3.63) is 52.1 Å². The predicted molar refractivity (Wildman–Crippen MR) is 158 cm³/mol. The van der Waals surface area contributed by atoms with Crippen LogP contribution in [0.3, 0.4) is 0 Å². The molecule has 2 saturated heterocycles.